The Morgan fingerprint density at radius 1 is 1.50 bits per heavy atom. The standard InChI is InChI=1S/C14H16ClN5OS/c1-8-3-6-12(11(15)7-8)16-13(21)9(2)22-14-17-18-19-20(14)10-4-5-10/h3,6-7,9-10H,4-5H2,1-2H3,(H,16,21). The van der Waals surface area contributed by atoms with Crippen molar-refractivity contribution in [3.63, 3.8) is 0 Å². The number of nitrogens with zero attached hydrogens (tertiary/aromatic N) is 4. The third kappa shape index (κ3) is 3.41. The lowest BCUT2D eigenvalue weighted by Crippen LogP contribution is -2.23. The molecule has 8 heteroatoms. The van der Waals surface area contributed by atoms with E-state index in [0.717, 1.165) is 18.4 Å². The number of rotatable bonds is 5. The van der Waals surface area contributed by atoms with Gasteiger partial charge in [-0.2, -0.15) is 0 Å². The maximum absolute atomic E-state index is 12.3. The molecule has 1 N–H and O–H groups in total. The highest BCUT2D eigenvalue weighted by Crippen LogP contribution is 2.37. The van der Waals surface area contributed by atoms with E-state index in [9.17, 15) is 4.79 Å². The molecule has 3 rings (SSSR count). The first-order valence-electron chi connectivity index (χ1n) is 7.06. The summed E-state index contributed by atoms with van der Waals surface area (Å²) < 4.78 is 1.80. The second-order valence-corrected chi connectivity index (χ2v) is 7.08. The lowest BCUT2D eigenvalue weighted by atomic mass is 10.2. The summed E-state index contributed by atoms with van der Waals surface area (Å²) in [6.07, 6.45) is 2.19. The van der Waals surface area contributed by atoms with Crippen molar-refractivity contribution in [2.75, 3.05) is 5.32 Å². The lowest BCUT2D eigenvalue weighted by molar-refractivity contribution is -0.115. The third-order valence-corrected chi connectivity index (χ3v) is 4.75. The molecule has 1 amide bonds. The van der Waals surface area contributed by atoms with Crippen LogP contribution in [0.4, 0.5) is 5.69 Å². The van der Waals surface area contributed by atoms with E-state index in [1.807, 2.05) is 26.0 Å². The molecule has 1 saturated carbocycles. The van der Waals surface area contributed by atoms with Gasteiger partial charge >= 0.3 is 0 Å². The first-order valence-corrected chi connectivity index (χ1v) is 8.32. The zero-order valence-electron chi connectivity index (χ0n) is 12.3. The van der Waals surface area contributed by atoms with Crippen LogP contribution in [0.2, 0.25) is 5.02 Å². The van der Waals surface area contributed by atoms with Crippen LogP contribution in [-0.2, 0) is 4.79 Å². The Labute approximate surface area is 137 Å². The number of aromatic nitrogens is 4. The normalized spacial score (nSPS) is 15.6. The Balaban J connectivity index is 1.65. The number of tetrazole rings is 1. The molecule has 0 spiro atoms. The van der Waals surface area contributed by atoms with Gasteiger partial charge in [0.2, 0.25) is 11.1 Å². The van der Waals surface area contributed by atoms with E-state index in [1.54, 1.807) is 10.7 Å². The van der Waals surface area contributed by atoms with Gasteiger partial charge < -0.3 is 5.32 Å². The predicted molar refractivity (Wildman–Crippen MR) is 86.2 cm³/mol. The van der Waals surface area contributed by atoms with Crippen molar-refractivity contribution in [2.45, 2.75) is 43.1 Å². The van der Waals surface area contributed by atoms with Gasteiger partial charge in [-0.1, -0.05) is 29.4 Å². The van der Waals surface area contributed by atoms with Crippen molar-refractivity contribution in [2.24, 2.45) is 0 Å². The molecule has 1 aromatic carbocycles. The number of nitrogens with one attached hydrogen (secondary N) is 1. The van der Waals surface area contributed by atoms with Crippen LogP contribution in [0.15, 0.2) is 23.4 Å². The number of aryl methyl sites for hydroxylation is 1. The number of halogens is 1. The Morgan fingerprint density at radius 2 is 2.27 bits per heavy atom. The van der Waals surface area contributed by atoms with Crippen LogP contribution in [0.5, 0.6) is 0 Å². The van der Waals surface area contributed by atoms with Gasteiger partial charge in [0.25, 0.3) is 0 Å². The first-order chi connectivity index (χ1) is 10.5. The van der Waals surface area contributed by atoms with Gasteiger partial charge in [0.1, 0.15) is 0 Å². The fourth-order valence-electron chi connectivity index (χ4n) is 1.98. The van der Waals surface area contributed by atoms with Crippen LogP contribution >= 0.6 is 23.4 Å². The van der Waals surface area contributed by atoms with Crippen molar-refractivity contribution in [3.8, 4) is 0 Å². The fourth-order valence-corrected chi connectivity index (χ4v) is 3.12. The number of anilines is 1. The number of benzene rings is 1. The minimum absolute atomic E-state index is 0.124. The van der Waals surface area contributed by atoms with Gasteiger partial charge in [0.05, 0.1) is 22.0 Å². The maximum Gasteiger partial charge on any atom is 0.237 e. The van der Waals surface area contributed by atoms with E-state index in [1.165, 1.54) is 11.8 Å². The van der Waals surface area contributed by atoms with E-state index in [4.69, 9.17) is 11.6 Å². The summed E-state index contributed by atoms with van der Waals surface area (Å²) >= 11 is 7.49. The summed E-state index contributed by atoms with van der Waals surface area (Å²) in [5.41, 5.74) is 1.67. The average molecular weight is 338 g/mol. The second kappa shape index (κ2) is 6.26. The number of carbonyl (C=O) groups is 1. The van der Waals surface area contributed by atoms with Crippen LogP contribution in [0.3, 0.4) is 0 Å². The van der Waals surface area contributed by atoms with Crippen molar-refractivity contribution in [1.29, 1.82) is 0 Å². The monoisotopic (exact) mass is 337 g/mol. The molecule has 2 aromatic rings. The van der Waals surface area contributed by atoms with Gasteiger partial charge in [-0.05, 0) is 54.8 Å². The Morgan fingerprint density at radius 3 is 2.95 bits per heavy atom. The quantitative estimate of drug-likeness (QED) is 0.849. The van der Waals surface area contributed by atoms with Crippen molar-refractivity contribution in [3.05, 3.63) is 28.8 Å². The lowest BCUT2D eigenvalue weighted by Gasteiger charge is -2.12. The largest absolute Gasteiger partial charge is 0.324 e. The van der Waals surface area contributed by atoms with Gasteiger partial charge in [-0.15, -0.1) is 5.10 Å². The van der Waals surface area contributed by atoms with Gasteiger partial charge in [0.15, 0.2) is 0 Å². The van der Waals surface area contributed by atoms with Gasteiger partial charge in [-0.3, -0.25) is 4.79 Å². The minimum Gasteiger partial charge on any atom is -0.324 e. The molecule has 1 heterocycles. The molecule has 22 heavy (non-hydrogen) atoms. The molecule has 6 nitrogen and oxygen atoms in total. The average Bonchev–Trinajstić information content (AvgIpc) is 3.22. The maximum atomic E-state index is 12.3. The molecule has 0 bridgehead atoms. The highest BCUT2D eigenvalue weighted by molar-refractivity contribution is 8.00. The molecule has 0 aliphatic heterocycles. The smallest absolute Gasteiger partial charge is 0.237 e. The molecule has 1 unspecified atom stereocenters. The highest BCUT2D eigenvalue weighted by Gasteiger charge is 2.29. The summed E-state index contributed by atoms with van der Waals surface area (Å²) in [6, 6.07) is 5.93. The van der Waals surface area contributed by atoms with E-state index >= 15 is 0 Å². The highest BCUT2D eigenvalue weighted by atomic mass is 35.5. The first kappa shape index (κ1) is 15.3. The van der Waals surface area contributed by atoms with Crippen molar-refractivity contribution in [1.82, 2.24) is 20.2 Å². The molecule has 1 aliphatic carbocycles. The van der Waals surface area contributed by atoms with Crippen LogP contribution in [0, 0.1) is 6.92 Å². The van der Waals surface area contributed by atoms with Gasteiger partial charge in [0, 0.05) is 0 Å². The molecule has 116 valence electrons. The molecular formula is C14H16ClN5OS. The topological polar surface area (TPSA) is 72.7 Å². The molecule has 0 saturated heterocycles. The van der Waals surface area contributed by atoms with Crippen LogP contribution in [0.25, 0.3) is 0 Å². The van der Waals surface area contributed by atoms with E-state index < -0.39 is 0 Å². The third-order valence-electron chi connectivity index (χ3n) is 3.39. The number of thioether (sulfide) groups is 1. The molecule has 0 radical (unpaired) electrons. The SMILES string of the molecule is Cc1ccc(NC(=O)C(C)Sc2nnnn2C2CC2)c(Cl)c1. The van der Waals surface area contributed by atoms with Crippen LogP contribution in [0.1, 0.15) is 31.4 Å². The summed E-state index contributed by atoms with van der Waals surface area (Å²) in [6.45, 7) is 3.78. The summed E-state index contributed by atoms with van der Waals surface area (Å²) in [5.74, 6) is -0.124. The number of hydrogen-bond acceptors (Lipinski definition) is 5. The van der Waals surface area contributed by atoms with Crippen molar-refractivity contribution >= 4 is 35.0 Å². The van der Waals surface area contributed by atoms with Gasteiger partial charge in [-0.25, -0.2) is 4.68 Å². The molecule has 1 aliphatic rings. The van der Waals surface area contributed by atoms with E-state index in [0.29, 0.717) is 21.9 Å². The molecular weight excluding hydrogens is 322 g/mol. The summed E-state index contributed by atoms with van der Waals surface area (Å²) in [4.78, 5) is 12.3. The fraction of sp³-hybridized carbons (Fsp3) is 0.429. The van der Waals surface area contributed by atoms with Crippen LogP contribution in [-0.4, -0.2) is 31.4 Å². The Bertz CT molecular complexity index is 700. The van der Waals surface area contributed by atoms with E-state index in [-0.39, 0.29) is 11.2 Å². The number of carbonyl (C=O) groups excluding carboxylic acids is 1. The van der Waals surface area contributed by atoms with Crippen molar-refractivity contribution < 1.29 is 4.79 Å². The zero-order valence-corrected chi connectivity index (χ0v) is 13.9. The molecule has 1 atom stereocenters. The van der Waals surface area contributed by atoms with E-state index in [2.05, 4.69) is 20.8 Å². The Kier molecular flexibility index (Phi) is 4.35. The number of hydrogen-bond donors (Lipinski definition) is 1. The number of amides is 1. The second-order valence-electron chi connectivity index (χ2n) is 5.37. The zero-order chi connectivity index (χ0) is 15.7. The predicted octanol–water partition coefficient (Wildman–Crippen LogP) is 3.09. The molecule has 1 fully saturated rings. The summed E-state index contributed by atoms with van der Waals surface area (Å²) in [7, 11) is 0. The molecule has 1 aromatic heterocycles. The summed E-state index contributed by atoms with van der Waals surface area (Å²) in [5, 5.41) is 15.4. The van der Waals surface area contributed by atoms with Crippen LogP contribution < -0.4 is 5.32 Å². The Hall–Kier alpha value is -1.60. The minimum atomic E-state index is -0.319.